The van der Waals surface area contributed by atoms with Crippen LogP contribution in [0.1, 0.15) is 31.9 Å². The molecule has 1 saturated carbocycles. The Morgan fingerprint density at radius 3 is 2.42 bits per heavy atom. The molecule has 2 unspecified atom stereocenters. The first kappa shape index (κ1) is 27.7. The summed E-state index contributed by atoms with van der Waals surface area (Å²) in [7, 11) is -16.1. The number of phosphoric ester groups is 1. The summed E-state index contributed by atoms with van der Waals surface area (Å²) in [5, 5.41) is 24.2. The maximum atomic E-state index is 12.0. The standard InChI is InChI=1S/C15H25N6O12P3/c22-11-9(5-31-36(29,30)33-35(27,28)20-34(24,25)26)32-15(12(11)23)21-7-18-10-13(16-6-17-14(10)21)19-8-3-1-2-4-8/h6-9,11-12,15,22-23H,1-5H2,(H,29,30)(H,16,17,19)(H4,20,24,25,26,27,28)/t9-,11-,12-,15-/m1/s1. The zero-order chi connectivity index (χ0) is 26.3. The van der Waals surface area contributed by atoms with Crippen molar-refractivity contribution in [3.63, 3.8) is 0 Å². The summed E-state index contributed by atoms with van der Waals surface area (Å²) in [5.74, 6) is 0.495. The van der Waals surface area contributed by atoms with E-state index >= 15 is 0 Å². The minimum absolute atomic E-state index is 0.243. The number of phosphoric acid groups is 1. The fourth-order valence-corrected chi connectivity index (χ4v) is 7.45. The van der Waals surface area contributed by atoms with Gasteiger partial charge in [0.05, 0.1) is 12.9 Å². The lowest BCUT2D eigenvalue weighted by atomic mass is 10.1. The van der Waals surface area contributed by atoms with E-state index in [1.54, 1.807) is 0 Å². The van der Waals surface area contributed by atoms with Crippen molar-refractivity contribution >= 4 is 40.3 Å². The minimum atomic E-state index is -5.46. The molecule has 3 heterocycles. The summed E-state index contributed by atoms with van der Waals surface area (Å²) in [4.78, 5) is 49.9. The van der Waals surface area contributed by atoms with E-state index in [-0.39, 0.29) is 11.7 Å². The normalized spacial score (nSPS) is 28.8. The SMILES string of the molecule is O=P(O)(O)NP(=O)(O)OP(=O)(O)OC[C@H]1O[C@@H](n2cnc3c(NC4CCCC4)ncnc32)[C@H](O)[C@@H]1O. The maximum Gasteiger partial charge on any atom is 0.480 e. The first-order valence-electron chi connectivity index (χ1n) is 10.6. The molecule has 0 bridgehead atoms. The molecule has 8 N–H and O–H groups in total. The number of fused-ring (bicyclic) bond motifs is 1. The number of ether oxygens (including phenoxy) is 1. The highest BCUT2D eigenvalue weighted by atomic mass is 31.3. The topological polar surface area (TPSA) is 268 Å². The lowest BCUT2D eigenvalue weighted by molar-refractivity contribution is -0.0502. The molecular weight excluding hydrogens is 549 g/mol. The van der Waals surface area contributed by atoms with Crippen molar-refractivity contribution in [3.05, 3.63) is 12.7 Å². The second-order valence-corrected chi connectivity index (χ2v) is 13.0. The van der Waals surface area contributed by atoms with Crippen LogP contribution in [0.5, 0.6) is 0 Å². The Morgan fingerprint density at radius 1 is 1.06 bits per heavy atom. The van der Waals surface area contributed by atoms with Crippen molar-refractivity contribution < 1.29 is 57.1 Å². The summed E-state index contributed by atoms with van der Waals surface area (Å²) >= 11 is 0. The molecular formula is C15H25N6O12P3. The Hall–Kier alpha value is -1.36. The van der Waals surface area contributed by atoms with Gasteiger partial charge in [-0.2, -0.15) is 4.31 Å². The number of anilines is 1. The smallest absolute Gasteiger partial charge is 0.387 e. The highest BCUT2D eigenvalue weighted by Crippen LogP contribution is 2.61. The van der Waals surface area contributed by atoms with E-state index in [0.717, 1.165) is 30.5 Å². The number of aliphatic hydroxyl groups excluding tert-OH is 2. The molecule has 6 atom stereocenters. The lowest BCUT2D eigenvalue weighted by Crippen LogP contribution is -2.33. The molecule has 21 heteroatoms. The number of hydrogen-bond donors (Lipinski definition) is 8. The van der Waals surface area contributed by atoms with Gasteiger partial charge in [0.1, 0.15) is 24.6 Å². The van der Waals surface area contributed by atoms with Gasteiger partial charge >= 0.3 is 23.3 Å². The molecule has 2 aromatic heterocycles. The Labute approximate surface area is 203 Å². The van der Waals surface area contributed by atoms with Crippen LogP contribution >= 0.6 is 23.3 Å². The molecule has 202 valence electrons. The van der Waals surface area contributed by atoms with E-state index in [9.17, 15) is 33.7 Å². The molecule has 1 aliphatic heterocycles. The second kappa shape index (κ2) is 10.4. The number of hydrogen-bond acceptors (Lipinski definition) is 12. The zero-order valence-corrected chi connectivity index (χ0v) is 21.0. The second-order valence-electron chi connectivity index (χ2n) is 8.23. The van der Waals surface area contributed by atoms with Crippen molar-refractivity contribution in [2.45, 2.75) is 56.3 Å². The van der Waals surface area contributed by atoms with Gasteiger partial charge in [0, 0.05) is 6.04 Å². The summed E-state index contributed by atoms with van der Waals surface area (Å²) < 4.78 is 49.7. The molecule has 1 saturated heterocycles. The van der Waals surface area contributed by atoms with Crippen LogP contribution in [-0.4, -0.2) is 80.3 Å². The number of aliphatic hydroxyl groups is 2. The van der Waals surface area contributed by atoms with Gasteiger partial charge in [-0.25, -0.2) is 28.6 Å². The van der Waals surface area contributed by atoms with E-state index in [2.05, 4.69) is 29.1 Å². The van der Waals surface area contributed by atoms with Crippen LogP contribution in [0.15, 0.2) is 12.7 Å². The van der Waals surface area contributed by atoms with Crippen molar-refractivity contribution in [1.82, 2.24) is 24.4 Å². The van der Waals surface area contributed by atoms with Gasteiger partial charge < -0.3 is 39.8 Å². The molecule has 0 aromatic carbocycles. The fourth-order valence-electron chi connectivity index (χ4n) is 4.02. The summed E-state index contributed by atoms with van der Waals surface area (Å²) in [5.41, 5.74) is 0.683. The van der Waals surface area contributed by atoms with Gasteiger partial charge in [-0.05, 0) is 12.8 Å². The summed E-state index contributed by atoms with van der Waals surface area (Å²) in [6.45, 7) is -0.908. The molecule has 1 aliphatic carbocycles. The van der Waals surface area contributed by atoms with Crippen LogP contribution in [0.4, 0.5) is 5.82 Å². The van der Waals surface area contributed by atoms with E-state index in [1.807, 2.05) is 0 Å². The van der Waals surface area contributed by atoms with Crippen LogP contribution in [-0.2, 0) is 27.3 Å². The van der Waals surface area contributed by atoms with Gasteiger partial charge in [0.15, 0.2) is 23.2 Å². The zero-order valence-electron chi connectivity index (χ0n) is 18.3. The predicted octanol–water partition coefficient (Wildman–Crippen LogP) is -0.284. The number of aromatic nitrogens is 4. The molecule has 0 spiro atoms. The van der Waals surface area contributed by atoms with Crippen LogP contribution in [0, 0.1) is 0 Å². The third kappa shape index (κ3) is 6.55. The van der Waals surface area contributed by atoms with Crippen molar-refractivity contribution in [3.8, 4) is 0 Å². The van der Waals surface area contributed by atoms with Crippen LogP contribution < -0.4 is 10.2 Å². The van der Waals surface area contributed by atoms with Crippen LogP contribution in [0.3, 0.4) is 0 Å². The minimum Gasteiger partial charge on any atom is -0.387 e. The van der Waals surface area contributed by atoms with E-state index < -0.39 is 54.5 Å². The summed E-state index contributed by atoms with van der Waals surface area (Å²) in [6, 6.07) is 0.243. The maximum absolute atomic E-state index is 12.0. The van der Waals surface area contributed by atoms with Crippen LogP contribution in [0.2, 0.25) is 0 Å². The largest absolute Gasteiger partial charge is 0.480 e. The monoisotopic (exact) mass is 574 g/mol. The van der Waals surface area contributed by atoms with Gasteiger partial charge in [0.2, 0.25) is 0 Å². The van der Waals surface area contributed by atoms with Gasteiger partial charge in [-0.15, -0.1) is 4.86 Å². The molecule has 36 heavy (non-hydrogen) atoms. The Bertz CT molecular complexity index is 1230. The number of rotatable bonds is 10. The highest BCUT2D eigenvalue weighted by Gasteiger charge is 2.46. The Balaban J connectivity index is 1.44. The lowest BCUT2D eigenvalue weighted by Gasteiger charge is -2.19. The van der Waals surface area contributed by atoms with E-state index in [1.165, 1.54) is 17.2 Å². The average Bonchev–Trinajstić information content (AvgIpc) is 3.46. The molecule has 2 aromatic rings. The molecule has 2 aliphatic rings. The molecule has 2 fully saturated rings. The van der Waals surface area contributed by atoms with Crippen LogP contribution in [0.25, 0.3) is 11.2 Å². The van der Waals surface area contributed by atoms with Gasteiger partial charge in [0.25, 0.3) is 0 Å². The number of nitrogens with one attached hydrogen (secondary N) is 2. The molecule has 4 rings (SSSR count). The fraction of sp³-hybridized carbons (Fsp3) is 0.667. The quantitative estimate of drug-likeness (QED) is 0.169. The number of imidazole rings is 1. The highest BCUT2D eigenvalue weighted by molar-refractivity contribution is 7.70. The Kier molecular flexibility index (Phi) is 8.01. The molecule has 18 nitrogen and oxygen atoms in total. The van der Waals surface area contributed by atoms with Gasteiger partial charge in [-0.3, -0.25) is 9.09 Å². The van der Waals surface area contributed by atoms with Crippen molar-refractivity contribution in [2.24, 2.45) is 0 Å². The Morgan fingerprint density at radius 2 is 1.75 bits per heavy atom. The average molecular weight is 574 g/mol. The van der Waals surface area contributed by atoms with E-state index in [0.29, 0.717) is 11.3 Å². The molecule has 0 amide bonds. The third-order valence-electron chi connectivity index (χ3n) is 5.54. The molecule has 0 radical (unpaired) electrons. The third-order valence-corrected chi connectivity index (χ3v) is 9.78. The van der Waals surface area contributed by atoms with E-state index in [4.69, 9.17) is 14.5 Å². The number of nitrogens with zero attached hydrogens (tertiary/aromatic N) is 4. The predicted molar refractivity (Wildman–Crippen MR) is 119 cm³/mol. The summed E-state index contributed by atoms with van der Waals surface area (Å²) in [6.07, 6.45) is 0.943. The first-order valence-corrected chi connectivity index (χ1v) is 15.3. The van der Waals surface area contributed by atoms with Crippen molar-refractivity contribution in [2.75, 3.05) is 11.9 Å². The van der Waals surface area contributed by atoms with Crippen molar-refractivity contribution in [1.29, 1.82) is 0 Å². The first-order chi connectivity index (χ1) is 16.7. The van der Waals surface area contributed by atoms with Gasteiger partial charge in [-0.1, -0.05) is 12.8 Å².